The van der Waals surface area contributed by atoms with Crippen molar-refractivity contribution in [2.45, 2.75) is 17.2 Å². The molecule has 0 spiro atoms. The molecule has 1 N–H and O–H groups in total. The molecule has 8 nitrogen and oxygen atoms in total. The Morgan fingerprint density at radius 2 is 2.00 bits per heavy atom. The second-order valence-corrected chi connectivity index (χ2v) is 11.1. The number of carbonyl (C=O) groups excluding carboxylic acids is 2. The zero-order chi connectivity index (χ0) is 22.0. The molecule has 2 aliphatic rings. The summed E-state index contributed by atoms with van der Waals surface area (Å²) in [6.45, 7) is 1.95. The first-order valence-corrected chi connectivity index (χ1v) is 12.5. The number of amides is 2. The lowest BCUT2D eigenvalue weighted by molar-refractivity contribution is -0.126. The molecule has 2 fully saturated rings. The van der Waals surface area contributed by atoms with E-state index in [0.717, 1.165) is 16.2 Å². The van der Waals surface area contributed by atoms with Gasteiger partial charge in [-0.2, -0.15) is 4.31 Å². The zero-order valence-corrected chi connectivity index (χ0v) is 19.0. The normalized spacial score (nSPS) is 20.2. The summed E-state index contributed by atoms with van der Waals surface area (Å²) < 4.78 is 32.3. The molecule has 1 aromatic heterocycles. The number of rotatable bonds is 6. The highest BCUT2D eigenvalue weighted by molar-refractivity contribution is 7.91. The first kappa shape index (κ1) is 22.2. The van der Waals surface area contributed by atoms with Gasteiger partial charge in [-0.3, -0.25) is 9.59 Å². The Morgan fingerprint density at radius 1 is 1.23 bits per heavy atom. The molecule has 31 heavy (non-hydrogen) atoms. The predicted molar refractivity (Wildman–Crippen MR) is 118 cm³/mol. The van der Waals surface area contributed by atoms with Gasteiger partial charge in [0, 0.05) is 41.6 Å². The Kier molecular flexibility index (Phi) is 6.63. The molecule has 1 aromatic carbocycles. The molecule has 166 valence electrons. The van der Waals surface area contributed by atoms with Crippen LogP contribution in [0.25, 0.3) is 0 Å². The lowest BCUT2D eigenvalue weighted by Crippen LogP contribution is -2.40. The first-order chi connectivity index (χ1) is 14.8. The van der Waals surface area contributed by atoms with Gasteiger partial charge in [-0.25, -0.2) is 8.42 Å². The summed E-state index contributed by atoms with van der Waals surface area (Å²) in [7, 11) is -3.55. The second kappa shape index (κ2) is 9.25. The zero-order valence-electron chi connectivity index (χ0n) is 16.6. The lowest BCUT2D eigenvalue weighted by atomic mass is 10.1. The van der Waals surface area contributed by atoms with Crippen LogP contribution in [0.3, 0.4) is 0 Å². The van der Waals surface area contributed by atoms with Crippen LogP contribution in [-0.2, 0) is 30.9 Å². The van der Waals surface area contributed by atoms with Crippen molar-refractivity contribution >= 4 is 50.5 Å². The highest BCUT2D eigenvalue weighted by Gasteiger charge is 2.35. The molecule has 2 aliphatic heterocycles. The Labute approximate surface area is 189 Å². The second-order valence-electron chi connectivity index (χ2n) is 7.34. The van der Waals surface area contributed by atoms with E-state index in [1.165, 1.54) is 4.31 Å². The van der Waals surface area contributed by atoms with Crippen LogP contribution in [0.4, 0.5) is 5.69 Å². The number of anilines is 1. The minimum absolute atomic E-state index is 0.124. The molecule has 2 aromatic rings. The minimum Gasteiger partial charge on any atom is -0.379 e. The fourth-order valence-electron chi connectivity index (χ4n) is 3.60. The number of carbonyl (C=O) groups is 2. The maximum Gasteiger partial charge on any atom is 0.252 e. The number of hydrogen-bond acceptors (Lipinski definition) is 6. The molecular formula is C20H22ClN3O5S2. The van der Waals surface area contributed by atoms with Crippen LogP contribution in [-0.4, -0.2) is 57.4 Å². The van der Waals surface area contributed by atoms with E-state index in [9.17, 15) is 18.0 Å². The van der Waals surface area contributed by atoms with Gasteiger partial charge in [-0.05, 0) is 30.3 Å². The molecule has 11 heteroatoms. The number of ether oxygens (including phenoxy) is 1. The fraction of sp³-hybridized carbons (Fsp3) is 0.400. The Morgan fingerprint density at radius 3 is 2.74 bits per heavy atom. The Balaban J connectivity index is 1.35. The number of thiophene rings is 1. The van der Waals surface area contributed by atoms with Crippen LogP contribution in [0, 0.1) is 5.92 Å². The van der Waals surface area contributed by atoms with E-state index in [2.05, 4.69) is 5.32 Å². The Bertz CT molecular complexity index is 1080. The van der Waals surface area contributed by atoms with Crippen LogP contribution < -0.4 is 10.2 Å². The van der Waals surface area contributed by atoms with Crippen LogP contribution in [0.5, 0.6) is 0 Å². The molecule has 4 rings (SSSR count). The highest BCUT2D eigenvalue weighted by atomic mass is 35.5. The van der Waals surface area contributed by atoms with Crippen molar-refractivity contribution in [2.24, 2.45) is 5.92 Å². The summed E-state index contributed by atoms with van der Waals surface area (Å²) in [6.07, 6.45) is 0.124. The third kappa shape index (κ3) is 4.93. The summed E-state index contributed by atoms with van der Waals surface area (Å²) in [5.41, 5.74) is 0.670. The van der Waals surface area contributed by atoms with E-state index >= 15 is 0 Å². The van der Waals surface area contributed by atoms with Gasteiger partial charge in [0.25, 0.3) is 10.0 Å². The smallest absolute Gasteiger partial charge is 0.252 e. The monoisotopic (exact) mass is 483 g/mol. The molecule has 0 bridgehead atoms. The van der Waals surface area contributed by atoms with Gasteiger partial charge in [0.1, 0.15) is 4.21 Å². The summed E-state index contributed by atoms with van der Waals surface area (Å²) in [6, 6.07) is 10.2. The van der Waals surface area contributed by atoms with Crippen molar-refractivity contribution in [2.75, 3.05) is 37.7 Å². The minimum atomic E-state index is -3.55. The number of benzene rings is 1. The molecule has 1 atom stereocenters. The maximum absolute atomic E-state index is 12.7. The third-order valence-corrected chi connectivity index (χ3v) is 8.94. The predicted octanol–water partition coefficient (Wildman–Crippen LogP) is 2.09. The van der Waals surface area contributed by atoms with Crippen molar-refractivity contribution < 1.29 is 22.7 Å². The number of nitrogens with zero attached hydrogens (tertiary/aromatic N) is 2. The van der Waals surface area contributed by atoms with Crippen molar-refractivity contribution in [1.82, 2.24) is 9.62 Å². The van der Waals surface area contributed by atoms with Crippen molar-refractivity contribution in [1.29, 1.82) is 0 Å². The van der Waals surface area contributed by atoms with Crippen molar-refractivity contribution in [3.63, 3.8) is 0 Å². The number of nitrogens with one attached hydrogen (secondary N) is 1. The molecule has 0 unspecified atom stereocenters. The Hall–Kier alpha value is -1.98. The largest absolute Gasteiger partial charge is 0.379 e. The SMILES string of the molecule is O=C(NCc1ccc(S(=O)(=O)N2CCOCC2)s1)[C@H]1CC(=O)N(c2cccc(Cl)c2)C1. The third-order valence-electron chi connectivity index (χ3n) is 5.25. The quantitative estimate of drug-likeness (QED) is 0.678. The average Bonchev–Trinajstić information content (AvgIpc) is 3.40. The van der Waals surface area contributed by atoms with Crippen LogP contribution in [0.15, 0.2) is 40.6 Å². The van der Waals surface area contributed by atoms with Gasteiger partial charge in [0.05, 0.1) is 25.7 Å². The standard InChI is InChI=1S/C20H22ClN3O5S2/c21-15-2-1-3-16(11-15)24-13-14(10-18(24)25)20(26)22-12-17-4-5-19(30-17)31(27,28)23-6-8-29-9-7-23/h1-5,11,14H,6-10,12-13H2,(H,22,26)/t14-/m0/s1. The van der Waals surface area contributed by atoms with Gasteiger partial charge in [0.15, 0.2) is 0 Å². The van der Waals surface area contributed by atoms with Crippen molar-refractivity contribution in [3.8, 4) is 0 Å². The van der Waals surface area contributed by atoms with Gasteiger partial charge < -0.3 is 15.0 Å². The average molecular weight is 484 g/mol. The fourth-order valence-corrected chi connectivity index (χ4v) is 6.64. The molecule has 0 radical (unpaired) electrons. The first-order valence-electron chi connectivity index (χ1n) is 9.85. The molecule has 0 saturated carbocycles. The number of halogens is 1. The molecule has 2 amide bonds. The molecule has 3 heterocycles. The molecule has 2 saturated heterocycles. The summed E-state index contributed by atoms with van der Waals surface area (Å²) in [5.74, 6) is -0.829. The van der Waals surface area contributed by atoms with Gasteiger partial charge in [0.2, 0.25) is 11.8 Å². The highest BCUT2D eigenvalue weighted by Crippen LogP contribution is 2.28. The molecule has 0 aliphatic carbocycles. The van der Waals surface area contributed by atoms with Gasteiger partial charge in [-0.1, -0.05) is 17.7 Å². The van der Waals surface area contributed by atoms with E-state index in [0.29, 0.717) is 37.0 Å². The van der Waals surface area contributed by atoms with Gasteiger partial charge in [-0.15, -0.1) is 11.3 Å². The lowest BCUT2D eigenvalue weighted by Gasteiger charge is -2.25. The van der Waals surface area contributed by atoms with E-state index in [4.69, 9.17) is 16.3 Å². The molecular weight excluding hydrogens is 462 g/mol. The van der Waals surface area contributed by atoms with Crippen LogP contribution in [0.2, 0.25) is 5.02 Å². The van der Waals surface area contributed by atoms with E-state index < -0.39 is 15.9 Å². The van der Waals surface area contributed by atoms with E-state index in [-0.39, 0.29) is 35.5 Å². The summed E-state index contributed by atoms with van der Waals surface area (Å²) >= 11 is 7.14. The number of hydrogen-bond donors (Lipinski definition) is 1. The number of sulfonamides is 1. The van der Waals surface area contributed by atoms with E-state index in [1.54, 1.807) is 41.3 Å². The number of morpholine rings is 1. The topological polar surface area (TPSA) is 96.0 Å². The van der Waals surface area contributed by atoms with Gasteiger partial charge >= 0.3 is 0 Å². The van der Waals surface area contributed by atoms with E-state index in [1.807, 2.05) is 0 Å². The van der Waals surface area contributed by atoms with Crippen LogP contribution in [0.1, 0.15) is 11.3 Å². The summed E-state index contributed by atoms with van der Waals surface area (Å²) in [4.78, 5) is 27.3. The van der Waals surface area contributed by atoms with Crippen LogP contribution >= 0.6 is 22.9 Å². The maximum atomic E-state index is 12.7. The van der Waals surface area contributed by atoms with Crippen molar-refractivity contribution in [3.05, 3.63) is 46.3 Å². The summed E-state index contributed by atoms with van der Waals surface area (Å²) in [5, 5.41) is 3.35.